The van der Waals surface area contributed by atoms with Crippen molar-refractivity contribution in [3.05, 3.63) is 35.1 Å². The predicted molar refractivity (Wildman–Crippen MR) is 47.3 cm³/mol. The van der Waals surface area contributed by atoms with Crippen molar-refractivity contribution in [2.75, 3.05) is 6.61 Å². The summed E-state index contributed by atoms with van der Waals surface area (Å²) in [6, 6.07) is 0.520. The van der Waals surface area contributed by atoms with Gasteiger partial charge in [0.15, 0.2) is 11.6 Å². The third-order valence-corrected chi connectivity index (χ3v) is 1.72. The van der Waals surface area contributed by atoms with Crippen LogP contribution in [0, 0.1) is 17.5 Å². The molecule has 1 aromatic carbocycles. The Morgan fingerprint density at radius 1 is 1.12 bits per heavy atom. The highest BCUT2D eigenvalue weighted by molar-refractivity contribution is 6.40. The van der Waals surface area contributed by atoms with Crippen molar-refractivity contribution in [3.63, 3.8) is 0 Å². The quantitative estimate of drug-likeness (QED) is 0.345. The van der Waals surface area contributed by atoms with E-state index in [0.29, 0.717) is 6.07 Å². The van der Waals surface area contributed by atoms with E-state index in [-0.39, 0.29) is 12.7 Å². The number of ether oxygens (including phenoxy) is 1. The van der Waals surface area contributed by atoms with E-state index in [1.807, 2.05) is 0 Å². The molecule has 0 aliphatic rings. The molecule has 0 amide bonds. The van der Waals surface area contributed by atoms with Crippen LogP contribution in [0.4, 0.5) is 13.2 Å². The van der Waals surface area contributed by atoms with Crippen LogP contribution in [-0.4, -0.2) is 18.4 Å². The third-order valence-electron chi connectivity index (χ3n) is 1.72. The average molecular weight is 232 g/mol. The fraction of sp³-hybridized carbons (Fsp3) is 0.200. The molecular formula is C10H7F3O3. The van der Waals surface area contributed by atoms with Crippen LogP contribution in [0.3, 0.4) is 0 Å². The second-order valence-corrected chi connectivity index (χ2v) is 2.80. The summed E-state index contributed by atoms with van der Waals surface area (Å²) in [6.45, 7) is 1.38. The third kappa shape index (κ3) is 2.39. The van der Waals surface area contributed by atoms with E-state index < -0.39 is 34.8 Å². The summed E-state index contributed by atoms with van der Waals surface area (Å²) in [4.78, 5) is 22.2. The Kier molecular flexibility index (Phi) is 3.65. The molecule has 1 aromatic rings. The number of Topliss-reactive ketones (excluding diaryl/α,β-unsaturated/α-hetero) is 1. The minimum Gasteiger partial charge on any atom is -0.460 e. The van der Waals surface area contributed by atoms with Crippen LogP contribution in [0.15, 0.2) is 12.1 Å². The average Bonchev–Trinajstić information content (AvgIpc) is 2.23. The fourth-order valence-corrected chi connectivity index (χ4v) is 1.00. The van der Waals surface area contributed by atoms with E-state index >= 15 is 0 Å². The first kappa shape index (κ1) is 12.2. The first-order valence-electron chi connectivity index (χ1n) is 4.33. The van der Waals surface area contributed by atoms with Gasteiger partial charge in [0, 0.05) is 6.07 Å². The van der Waals surface area contributed by atoms with Crippen molar-refractivity contribution in [2.24, 2.45) is 0 Å². The standard InChI is InChI=1S/C10H7F3O3/c1-2-16-10(15)9(14)5-3-7(12)8(13)4-6(5)11/h3-4H,2H2,1H3. The van der Waals surface area contributed by atoms with Gasteiger partial charge in [-0.2, -0.15) is 0 Å². The number of carbonyl (C=O) groups excluding carboxylic acids is 2. The number of rotatable bonds is 3. The van der Waals surface area contributed by atoms with Crippen molar-refractivity contribution in [3.8, 4) is 0 Å². The predicted octanol–water partition coefficient (Wildman–Crippen LogP) is 1.85. The Labute approximate surface area is 88.8 Å². The number of ketones is 1. The first-order valence-corrected chi connectivity index (χ1v) is 4.33. The minimum atomic E-state index is -1.43. The summed E-state index contributed by atoms with van der Waals surface area (Å²) in [7, 11) is 0. The lowest BCUT2D eigenvalue weighted by atomic mass is 10.1. The highest BCUT2D eigenvalue weighted by Gasteiger charge is 2.23. The van der Waals surface area contributed by atoms with Crippen molar-refractivity contribution < 1.29 is 27.5 Å². The maximum absolute atomic E-state index is 13.0. The van der Waals surface area contributed by atoms with Gasteiger partial charge in [0.25, 0.3) is 5.78 Å². The molecule has 0 radical (unpaired) electrons. The zero-order chi connectivity index (χ0) is 12.3. The molecule has 0 aliphatic carbocycles. The van der Waals surface area contributed by atoms with Gasteiger partial charge < -0.3 is 4.74 Å². The Morgan fingerprint density at radius 2 is 1.69 bits per heavy atom. The smallest absolute Gasteiger partial charge is 0.379 e. The van der Waals surface area contributed by atoms with Gasteiger partial charge in [0.05, 0.1) is 12.2 Å². The van der Waals surface area contributed by atoms with Crippen LogP contribution in [0.2, 0.25) is 0 Å². The highest BCUT2D eigenvalue weighted by Crippen LogP contribution is 2.14. The number of halogens is 3. The molecule has 0 fully saturated rings. The topological polar surface area (TPSA) is 43.4 Å². The lowest BCUT2D eigenvalue weighted by molar-refractivity contribution is -0.137. The van der Waals surface area contributed by atoms with E-state index in [1.54, 1.807) is 0 Å². The number of hydrogen-bond donors (Lipinski definition) is 0. The van der Waals surface area contributed by atoms with Gasteiger partial charge in [-0.05, 0) is 13.0 Å². The first-order chi connectivity index (χ1) is 7.47. The van der Waals surface area contributed by atoms with Crippen LogP contribution in [0.1, 0.15) is 17.3 Å². The van der Waals surface area contributed by atoms with Crippen molar-refractivity contribution in [1.29, 1.82) is 0 Å². The van der Waals surface area contributed by atoms with Gasteiger partial charge in [-0.1, -0.05) is 0 Å². The second-order valence-electron chi connectivity index (χ2n) is 2.80. The van der Waals surface area contributed by atoms with Gasteiger partial charge in [-0.3, -0.25) is 4.79 Å². The van der Waals surface area contributed by atoms with E-state index in [0.717, 1.165) is 0 Å². The van der Waals surface area contributed by atoms with E-state index in [4.69, 9.17) is 0 Å². The molecule has 0 N–H and O–H groups in total. The summed E-state index contributed by atoms with van der Waals surface area (Å²) >= 11 is 0. The molecule has 0 atom stereocenters. The molecule has 6 heteroatoms. The number of carbonyl (C=O) groups is 2. The summed E-state index contributed by atoms with van der Waals surface area (Å²) in [5.74, 6) is -6.81. The van der Waals surface area contributed by atoms with Gasteiger partial charge in [-0.15, -0.1) is 0 Å². The monoisotopic (exact) mass is 232 g/mol. The molecule has 0 unspecified atom stereocenters. The summed E-state index contributed by atoms with van der Waals surface area (Å²) < 4.78 is 42.6. The Balaban J connectivity index is 3.09. The molecular weight excluding hydrogens is 225 g/mol. The maximum atomic E-state index is 13.0. The summed E-state index contributed by atoms with van der Waals surface area (Å²) in [6.07, 6.45) is 0. The molecule has 0 saturated carbocycles. The SMILES string of the molecule is CCOC(=O)C(=O)c1cc(F)c(F)cc1F. The molecule has 3 nitrogen and oxygen atoms in total. The largest absolute Gasteiger partial charge is 0.460 e. The van der Waals surface area contributed by atoms with Crippen LogP contribution in [0.5, 0.6) is 0 Å². The molecule has 1 rings (SSSR count). The highest BCUT2D eigenvalue weighted by atomic mass is 19.2. The van der Waals surface area contributed by atoms with Crippen LogP contribution in [0.25, 0.3) is 0 Å². The van der Waals surface area contributed by atoms with E-state index in [9.17, 15) is 22.8 Å². The Bertz CT molecular complexity index is 443. The number of esters is 1. The van der Waals surface area contributed by atoms with Crippen LogP contribution in [-0.2, 0) is 9.53 Å². The molecule has 86 valence electrons. The molecule has 0 aliphatic heterocycles. The van der Waals surface area contributed by atoms with E-state index in [1.165, 1.54) is 6.92 Å². The van der Waals surface area contributed by atoms with Gasteiger partial charge >= 0.3 is 5.97 Å². The van der Waals surface area contributed by atoms with Crippen molar-refractivity contribution in [1.82, 2.24) is 0 Å². The lowest BCUT2D eigenvalue weighted by Gasteiger charge is -2.03. The normalized spacial score (nSPS) is 10.0. The fourth-order valence-electron chi connectivity index (χ4n) is 1.00. The van der Waals surface area contributed by atoms with Gasteiger partial charge in [-0.25, -0.2) is 18.0 Å². The molecule has 0 bridgehead atoms. The number of hydrogen-bond acceptors (Lipinski definition) is 3. The zero-order valence-electron chi connectivity index (χ0n) is 8.22. The van der Waals surface area contributed by atoms with Gasteiger partial charge in [0.2, 0.25) is 0 Å². The van der Waals surface area contributed by atoms with Crippen LogP contribution < -0.4 is 0 Å². The Morgan fingerprint density at radius 3 is 2.25 bits per heavy atom. The lowest BCUT2D eigenvalue weighted by Crippen LogP contribution is -2.19. The van der Waals surface area contributed by atoms with E-state index in [2.05, 4.69) is 4.74 Å². The molecule has 0 saturated heterocycles. The second kappa shape index (κ2) is 4.78. The van der Waals surface area contributed by atoms with Crippen LogP contribution >= 0.6 is 0 Å². The number of benzene rings is 1. The minimum absolute atomic E-state index is 0.0735. The van der Waals surface area contributed by atoms with Crippen molar-refractivity contribution in [2.45, 2.75) is 6.92 Å². The molecule has 0 spiro atoms. The maximum Gasteiger partial charge on any atom is 0.379 e. The van der Waals surface area contributed by atoms with Crippen molar-refractivity contribution >= 4 is 11.8 Å². The molecule has 0 heterocycles. The Hall–Kier alpha value is -1.85. The zero-order valence-corrected chi connectivity index (χ0v) is 8.22. The summed E-state index contributed by atoms with van der Waals surface area (Å²) in [5.41, 5.74) is -0.850. The van der Waals surface area contributed by atoms with Gasteiger partial charge in [0.1, 0.15) is 5.82 Å². The summed E-state index contributed by atoms with van der Waals surface area (Å²) in [5, 5.41) is 0. The molecule has 0 aromatic heterocycles. The molecule has 16 heavy (non-hydrogen) atoms.